The van der Waals surface area contributed by atoms with Crippen molar-refractivity contribution in [3.63, 3.8) is 0 Å². The van der Waals surface area contributed by atoms with Gasteiger partial charge in [-0.15, -0.1) is 0 Å². The van der Waals surface area contributed by atoms with Crippen LogP contribution in [0.15, 0.2) is 0 Å². The fourth-order valence-corrected chi connectivity index (χ4v) is 2.97. The monoisotopic (exact) mass is 347 g/mol. The van der Waals surface area contributed by atoms with E-state index in [0.717, 1.165) is 0 Å². The summed E-state index contributed by atoms with van der Waals surface area (Å²) in [6.45, 7) is 7.24. The molecule has 0 fully saturated rings. The Balaban J connectivity index is 0.000000841. The molecule has 0 aromatic rings. The topological polar surface area (TPSA) is 60.2 Å². The first-order valence-corrected chi connectivity index (χ1v) is 11.1. The zero-order chi connectivity index (χ0) is 17.6. The lowest BCUT2D eigenvalue weighted by molar-refractivity contribution is -0.520. The third-order valence-corrected chi connectivity index (χ3v) is 4.29. The van der Waals surface area contributed by atoms with E-state index in [2.05, 4.69) is 18.4 Å². The normalized spacial score (nSPS) is 14.8. The molecule has 1 aliphatic rings. The largest absolute Gasteiger partial charge is 0.748 e. The van der Waals surface area contributed by atoms with Crippen LogP contribution in [0.25, 0.3) is 0 Å². The Hall–Kier alpha value is -0.420. The summed E-state index contributed by atoms with van der Waals surface area (Å²) in [5, 5.41) is 0. The van der Waals surface area contributed by atoms with Crippen LogP contribution in [-0.4, -0.2) is 42.6 Å². The molecule has 23 heavy (non-hydrogen) atoms. The summed E-state index contributed by atoms with van der Waals surface area (Å²) in [6, 6.07) is 0. The Morgan fingerprint density at radius 2 is 1.39 bits per heavy atom. The SMILES string of the molecule is CCCCCCCCCCCC[N+]1=C(C)CCC1.CS(=O)(=O)[O-]. The lowest BCUT2D eigenvalue weighted by Gasteiger charge is -2.02. The molecule has 0 radical (unpaired) electrons. The molecule has 0 N–H and O–H groups in total. The third kappa shape index (κ3) is 17.8. The van der Waals surface area contributed by atoms with Crippen LogP contribution in [0.3, 0.4) is 0 Å². The maximum atomic E-state index is 9.08. The van der Waals surface area contributed by atoms with Crippen molar-refractivity contribution in [2.75, 3.05) is 19.3 Å². The zero-order valence-electron chi connectivity index (χ0n) is 15.5. The molecular formula is C18H37NO3S. The van der Waals surface area contributed by atoms with E-state index in [0.29, 0.717) is 6.26 Å². The molecule has 0 aliphatic carbocycles. The average molecular weight is 348 g/mol. The first-order valence-electron chi connectivity index (χ1n) is 9.32. The van der Waals surface area contributed by atoms with E-state index in [1.807, 2.05) is 0 Å². The summed E-state index contributed by atoms with van der Waals surface area (Å²) in [4.78, 5) is 0. The standard InChI is InChI=1S/C17H34N.CH4O3S/c1-3-4-5-6-7-8-9-10-11-12-15-18-16-13-14-17(18)2;1-5(2,3)4/h3-16H2,1-2H3;1H3,(H,2,3,4)/q+1;/p-1. The number of rotatable bonds is 11. The van der Waals surface area contributed by atoms with Gasteiger partial charge in [-0.1, -0.05) is 58.3 Å². The van der Waals surface area contributed by atoms with Crippen LogP contribution in [0.5, 0.6) is 0 Å². The van der Waals surface area contributed by atoms with Gasteiger partial charge >= 0.3 is 0 Å². The quantitative estimate of drug-likeness (QED) is 0.317. The summed E-state index contributed by atoms with van der Waals surface area (Å²) in [5.41, 5.74) is 1.63. The van der Waals surface area contributed by atoms with E-state index in [9.17, 15) is 0 Å². The molecule has 0 spiro atoms. The first-order chi connectivity index (χ1) is 10.8. The van der Waals surface area contributed by atoms with Crippen molar-refractivity contribution in [3.05, 3.63) is 0 Å². The highest BCUT2D eigenvalue weighted by atomic mass is 32.2. The molecule has 0 unspecified atom stereocenters. The number of nitrogens with zero attached hydrogens (tertiary/aromatic N) is 1. The lowest BCUT2D eigenvalue weighted by Crippen LogP contribution is -2.14. The molecule has 0 aromatic heterocycles. The second-order valence-electron chi connectivity index (χ2n) is 6.71. The summed E-state index contributed by atoms with van der Waals surface area (Å²) < 4.78 is 29.8. The minimum absolute atomic E-state index is 0.604. The Labute approximate surface area is 144 Å². The zero-order valence-corrected chi connectivity index (χ0v) is 16.3. The highest BCUT2D eigenvalue weighted by Gasteiger charge is 2.16. The van der Waals surface area contributed by atoms with Gasteiger partial charge in [0.15, 0.2) is 0 Å². The van der Waals surface area contributed by atoms with Crippen molar-refractivity contribution in [1.29, 1.82) is 0 Å². The van der Waals surface area contributed by atoms with Gasteiger partial charge in [0.05, 0.1) is 10.1 Å². The summed E-state index contributed by atoms with van der Waals surface area (Å²) in [7, 11) is -3.92. The fourth-order valence-electron chi connectivity index (χ4n) is 2.97. The molecule has 1 heterocycles. The number of hydrogen-bond donors (Lipinski definition) is 0. The van der Waals surface area contributed by atoms with Gasteiger partial charge in [-0.25, -0.2) is 13.0 Å². The van der Waals surface area contributed by atoms with Gasteiger partial charge < -0.3 is 4.55 Å². The van der Waals surface area contributed by atoms with E-state index >= 15 is 0 Å². The third-order valence-electron chi connectivity index (χ3n) is 4.29. The molecule has 1 aliphatic heterocycles. The van der Waals surface area contributed by atoms with E-state index < -0.39 is 10.1 Å². The van der Waals surface area contributed by atoms with Crippen molar-refractivity contribution >= 4 is 15.8 Å². The summed E-state index contributed by atoms with van der Waals surface area (Å²) in [5.74, 6) is 0. The Morgan fingerprint density at radius 3 is 1.78 bits per heavy atom. The fraction of sp³-hybridized carbons (Fsp3) is 0.944. The van der Waals surface area contributed by atoms with Crippen LogP contribution < -0.4 is 0 Å². The first kappa shape index (κ1) is 22.6. The van der Waals surface area contributed by atoms with Gasteiger partial charge in [0.25, 0.3) is 0 Å². The number of hydrogen-bond acceptors (Lipinski definition) is 3. The van der Waals surface area contributed by atoms with Crippen molar-refractivity contribution in [3.8, 4) is 0 Å². The molecule has 5 heteroatoms. The molecule has 0 saturated heterocycles. The maximum absolute atomic E-state index is 9.08. The highest BCUT2D eigenvalue weighted by Crippen LogP contribution is 2.11. The Bertz CT molecular complexity index is 408. The van der Waals surface area contributed by atoms with Gasteiger partial charge in [-0.2, -0.15) is 0 Å². The predicted octanol–water partition coefficient (Wildman–Crippen LogP) is 4.34. The van der Waals surface area contributed by atoms with Crippen LogP contribution in [0.4, 0.5) is 0 Å². The predicted molar refractivity (Wildman–Crippen MR) is 97.4 cm³/mol. The molecule has 1 rings (SSSR count). The second-order valence-corrected chi connectivity index (χ2v) is 8.12. The molecule has 4 nitrogen and oxygen atoms in total. The van der Waals surface area contributed by atoms with Crippen LogP contribution >= 0.6 is 0 Å². The summed E-state index contributed by atoms with van der Waals surface area (Å²) >= 11 is 0. The Morgan fingerprint density at radius 1 is 0.957 bits per heavy atom. The smallest absolute Gasteiger partial charge is 0.149 e. The van der Waals surface area contributed by atoms with Crippen molar-refractivity contribution in [1.82, 2.24) is 0 Å². The Kier molecular flexibility index (Phi) is 13.7. The summed E-state index contributed by atoms with van der Waals surface area (Å²) in [6.07, 6.45) is 17.8. The second kappa shape index (κ2) is 14.0. The van der Waals surface area contributed by atoms with E-state index in [1.54, 1.807) is 5.71 Å². The molecular weight excluding hydrogens is 310 g/mol. The van der Waals surface area contributed by atoms with Gasteiger partial charge in [-0.05, 0) is 6.42 Å². The van der Waals surface area contributed by atoms with E-state index in [1.165, 1.54) is 90.1 Å². The van der Waals surface area contributed by atoms with Crippen LogP contribution in [0, 0.1) is 0 Å². The van der Waals surface area contributed by atoms with Gasteiger partial charge in [-0.3, -0.25) is 0 Å². The molecule has 138 valence electrons. The van der Waals surface area contributed by atoms with Crippen LogP contribution in [-0.2, 0) is 10.1 Å². The van der Waals surface area contributed by atoms with Crippen molar-refractivity contribution in [2.45, 2.75) is 90.9 Å². The molecule has 0 aromatic carbocycles. The van der Waals surface area contributed by atoms with E-state index in [4.69, 9.17) is 13.0 Å². The highest BCUT2D eigenvalue weighted by molar-refractivity contribution is 7.84. The van der Waals surface area contributed by atoms with Crippen LogP contribution in [0.1, 0.15) is 90.9 Å². The van der Waals surface area contributed by atoms with Gasteiger partial charge in [0, 0.05) is 32.4 Å². The maximum Gasteiger partial charge on any atom is 0.149 e. The van der Waals surface area contributed by atoms with Crippen molar-refractivity contribution in [2.24, 2.45) is 0 Å². The van der Waals surface area contributed by atoms with Crippen LogP contribution in [0.2, 0.25) is 0 Å². The average Bonchev–Trinajstić information content (AvgIpc) is 2.85. The molecule has 0 atom stereocenters. The molecule has 0 bridgehead atoms. The van der Waals surface area contributed by atoms with Crippen molar-refractivity contribution < 1.29 is 17.5 Å². The minimum Gasteiger partial charge on any atom is -0.748 e. The molecule has 0 saturated carbocycles. The minimum atomic E-state index is -3.92. The van der Waals surface area contributed by atoms with Gasteiger partial charge in [0.1, 0.15) is 18.8 Å². The number of unbranched alkanes of at least 4 members (excludes halogenated alkanes) is 9. The lowest BCUT2D eigenvalue weighted by atomic mass is 10.1. The van der Waals surface area contributed by atoms with Gasteiger partial charge in [0.2, 0.25) is 0 Å². The van der Waals surface area contributed by atoms with E-state index in [-0.39, 0.29) is 0 Å². The molecule has 0 amide bonds.